The summed E-state index contributed by atoms with van der Waals surface area (Å²) in [6.07, 6.45) is 9.22. The smallest absolute Gasteiger partial charge is 0.234 e. The van der Waals surface area contributed by atoms with Crippen LogP contribution in [0.25, 0.3) is 12.2 Å². The third kappa shape index (κ3) is 3.07. The van der Waals surface area contributed by atoms with Crippen LogP contribution in [0.5, 0.6) is 0 Å². The summed E-state index contributed by atoms with van der Waals surface area (Å²) in [6.45, 7) is 2.90. The molecule has 0 heterocycles. The number of rotatable bonds is 4. The van der Waals surface area contributed by atoms with Gasteiger partial charge in [-0.05, 0) is 29.2 Å². The van der Waals surface area contributed by atoms with Crippen LogP contribution in [-0.2, 0) is 4.43 Å². The molecule has 2 radical (unpaired) electrons. The summed E-state index contributed by atoms with van der Waals surface area (Å²) in [4.78, 5) is 0. The molecule has 0 N–H and O–H groups in total. The maximum atomic E-state index is 6.32. The van der Waals surface area contributed by atoms with E-state index in [2.05, 4.69) is 79.8 Å². The number of fused-ring (bicyclic) bond motifs is 2. The van der Waals surface area contributed by atoms with E-state index in [0.29, 0.717) is 11.1 Å². The quantitative estimate of drug-likeness (QED) is 0.760. The van der Waals surface area contributed by atoms with Crippen LogP contribution in [0.15, 0.2) is 60.7 Å². The van der Waals surface area contributed by atoms with E-state index in [1.165, 1.54) is 22.3 Å². The standard InChI is InChI=1S/C20H19OSi.Na/c1-2-21-22(19-13-11-15-7-3-5-9-17(15)19)20-14-12-16-8-4-6-10-18(16)20;/h3-14,19-20H,2H2,1H3;. The second-order valence-corrected chi connectivity index (χ2v) is 8.10. The van der Waals surface area contributed by atoms with Gasteiger partial charge in [-0.3, -0.25) is 0 Å². The van der Waals surface area contributed by atoms with Crippen molar-refractivity contribution in [3.63, 3.8) is 0 Å². The van der Waals surface area contributed by atoms with Gasteiger partial charge in [0.05, 0.1) is 0 Å². The van der Waals surface area contributed by atoms with Crippen LogP contribution in [0.2, 0.25) is 0 Å². The largest absolute Gasteiger partial charge is 0.415 e. The summed E-state index contributed by atoms with van der Waals surface area (Å²) in [5, 5.41) is 0. The van der Waals surface area contributed by atoms with Gasteiger partial charge in [0.25, 0.3) is 0 Å². The zero-order chi connectivity index (χ0) is 14.9. The molecule has 0 aliphatic heterocycles. The monoisotopic (exact) mass is 326 g/mol. The van der Waals surface area contributed by atoms with Gasteiger partial charge < -0.3 is 4.43 Å². The summed E-state index contributed by atoms with van der Waals surface area (Å²) in [6, 6.07) is 17.4. The Hall–Kier alpha value is -0.903. The fourth-order valence-corrected chi connectivity index (χ4v) is 6.32. The molecular weight excluding hydrogens is 307 g/mol. The van der Waals surface area contributed by atoms with Crippen LogP contribution < -0.4 is 0 Å². The van der Waals surface area contributed by atoms with Gasteiger partial charge in [-0.25, -0.2) is 0 Å². The van der Waals surface area contributed by atoms with Crippen molar-refractivity contribution in [2.75, 3.05) is 6.61 Å². The average molecular weight is 326 g/mol. The first-order chi connectivity index (χ1) is 10.9. The minimum atomic E-state index is -1.05. The van der Waals surface area contributed by atoms with Crippen LogP contribution in [-0.4, -0.2) is 45.2 Å². The number of benzene rings is 2. The predicted molar refractivity (Wildman–Crippen MR) is 99.6 cm³/mol. The van der Waals surface area contributed by atoms with E-state index >= 15 is 0 Å². The summed E-state index contributed by atoms with van der Waals surface area (Å²) >= 11 is 0. The van der Waals surface area contributed by atoms with Gasteiger partial charge in [-0.2, -0.15) is 0 Å². The maximum Gasteiger partial charge on any atom is 0.234 e. The fourth-order valence-electron chi connectivity index (χ4n) is 3.53. The van der Waals surface area contributed by atoms with Crippen LogP contribution in [0.4, 0.5) is 0 Å². The van der Waals surface area contributed by atoms with Gasteiger partial charge in [-0.1, -0.05) is 72.8 Å². The van der Waals surface area contributed by atoms with Crippen molar-refractivity contribution in [3.05, 3.63) is 82.9 Å². The molecule has 110 valence electrons. The van der Waals surface area contributed by atoms with Gasteiger partial charge in [0.2, 0.25) is 9.04 Å². The Kier molecular flexibility index (Phi) is 5.40. The predicted octanol–water partition coefficient (Wildman–Crippen LogP) is 4.33. The molecule has 2 atom stereocenters. The summed E-state index contributed by atoms with van der Waals surface area (Å²) < 4.78 is 6.32. The third-order valence-electron chi connectivity index (χ3n) is 4.52. The van der Waals surface area contributed by atoms with Crippen molar-refractivity contribution in [1.29, 1.82) is 0 Å². The molecule has 0 aromatic heterocycles. The molecule has 0 saturated heterocycles. The molecule has 2 aromatic carbocycles. The molecule has 1 nitrogen and oxygen atoms in total. The third-order valence-corrected chi connectivity index (χ3v) is 7.38. The minimum Gasteiger partial charge on any atom is -0.415 e. The van der Waals surface area contributed by atoms with E-state index in [9.17, 15) is 0 Å². The van der Waals surface area contributed by atoms with E-state index in [-0.39, 0.29) is 29.6 Å². The Morgan fingerprint density at radius 1 is 0.826 bits per heavy atom. The second-order valence-electron chi connectivity index (χ2n) is 5.77. The van der Waals surface area contributed by atoms with Gasteiger partial charge >= 0.3 is 0 Å². The van der Waals surface area contributed by atoms with Crippen LogP contribution in [0, 0.1) is 0 Å². The molecule has 23 heavy (non-hydrogen) atoms. The van der Waals surface area contributed by atoms with Gasteiger partial charge in [0.15, 0.2) is 0 Å². The van der Waals surface area contributed by atoms with Crippen molar-refractivity contribution < 1.29 is 4.43 Å². The summed E-state index contributed by atoms with van der Waals surface area (Å²) in [5.74, 6) is 0. The maximum absolute atomic E-state index is 6.32. The first-order valence-corrected chi connectivity index (χ1v) is 9.48. The van der Waals surface area contributed by atoms with Crippen molar-refractivity contribution >= 4 is 50.7 Å². The molecule has 2 aromatic rings. The SMILES string of the molecule is CCO[Si](C1C=Cc2ccccc21)C1C=Cc2ccccc21.[Na]. The number of hydrogen-bond donors (Lipinski definition) is 0. The average Bonchev–Trinajstić information content (AvgIpc) is 3.17. The van der Waals surface area contributed by atoms with E-state index in [1.807, 2.05) is 0 Å². The van der Waals surface area contributed by atoms with Gasteiger partial charge in [0.1, 0.15) is 0 Å². The Bertz CT molecular complexity index is 691. The topological polar surface area (TPSA) is 9.23 Å². The van der Waals surface area contributed by atoms with Crippen molar-refractivity contribution in [2.24, 2.45) is 0 Å². The van der Waals surface area contributed by atoms with Gasteiger partial charge in [-0.15, -0.1) is 0 Å². The van der Waals surface area contributed by atoms with Crippen molar-refractivity contribution in [1.82, 2.24) is 0 Å². The number of allylic oxidation sites excluding steroid dienone is 2. The zero-order valence-corrected chi connectivity index (χ0v) is 16.7. The van der Waals surface area contributed by atoms with Crippen LogP contribution in [0.3, 0.4) is 0 Å². The van der Waals surface area contributed by atoms with E-state index in [4.69, 9.17) is 4.43 Å². The Labute approximate surface area is 162 Å². The van der Waals surface area contributed by atoms with E-state index in [0.717, 1.165) is 6.61 Å². The molecule has 2 unspecified atom stereocenters. The Morgan fingerprint density at radius 3 is 1.78 bits per heavy atom. The molecule has 0 amide bonds. The molecule has 2 aliphatic rings. The Balaban J connectivity index is 0.00000156. The minimum absolute atomic E-state index is 0. The molecule has 4 rings (SSSR count). The first-order valence-electron chi connectivity index (χ1n) is 7.92. The molecule has 0 spiro atoms. The van der Waals surface area contributed by atoms with Crippen LogP contribution >= 0.6 is 0 Å². The van der Waals surface area contributed by atoms with E-state index < -0.39 is 9.04 Å². The molecular formula is C20H19NaOSi. The fraction of sp³-hybridized carbons (Fsp3) is 0.200. The normalized spacial score (nSPS) is 20.4. The summed E-state index contributed by atoms with van der Waals surface area (Å²) in [5.41, 5.74) is 6.43. The molecule has 3 heteroatoms. The Morgan fingerprint density at radius 2 is 1.30 bits per heavy atom. The van der Waals surface area contributed by atoms with Gasteiger partial charge in [0, 0.05) is 47.2 Å². The first kappa shape index (κ1) is 16.9. The van der Waals surface area contributed by atoms with E-state index in [1.54, 1.807) is 0 Å². The molecule has 0 saturated carbocycles. The van der Waals surface area contributed by atoms with Crippen LogP contribution in [0.1, 0.15) is 40.3 Å². The second kappa shape index (κ2) is 7.33. The van der Waals surface area contributed by atoms with Crippen molar-refractivity contribution in [3.8, 4) is 0 Å². The van der Waals surface area contributed by atoms with Crippen molar-refractivity contribution in [2.45, 2.75) is 18.0 Å². The molecule has 0 bridgehead atoms. The zero-order valence-electron chi connectivity index (χ0n) is 13.7. The number of hydrogen-bond acceptors (Lipinski definition) is 1. The summed E-state index contributed by atoms with van der Waals surface area (Å²) in [7, 11) is -1.05. The molecule has 2 aliphatic carbocycles. The molecule has 0 fully saturated rings.